The molecule has 0 aliphatic carbocycles. The minimum atomic E-state index is -4.09. The lowest BCUT2D eigenvalue weighted by Crippen LogP contribution is -2.36. The molecule has 0 unspecified atom stereocenters. The van der Waals surface area contributed by atoms with Crippen molar-refractivity contribution in [3.8, 4) is 0 Å². The first-order chi connectivity index (χ1) is 13.7. The highest BCUT2D eigenvalue weighted by molar-refractivity contribution is 7.93. The maximum atomic E-state index is 13.2. The summed E-state index contributed by atoms with van der Waals surface area (Å²) in [6.07, 6.45) is 3.22. The number of carbonyl (C=O) groups excluding carboxylic acids is 1. The Balaban J connectivity index is 1.84. The van der Waals surface area contributed by atoms with Crippen molar-refractivity contribution >= 4 is 67.2 Å². The summed E-state index contributed by atoms with van der Waals surface area (Å²) in [7, 11) is -4.09. The highest BCUT2D eigenvalue weighted by atomic mass is 35.5. The maximum absolute atomic E-state index is 13.2. The lowest BCUT2D eigenvalue weighted by Gasteiger charge is -2.26. The molecule has 0 atom stereocenters. The third-order valence-corrected chi connectivity index (χ3v) is 8.55. The number of anilines is 1. The number of nitrogens with zero attached hydrogens (tertiary/aromatic N) is 4. The molecule has 0 radical (unpaired) electrons. The number of amides is 1. The van der Waals surface area contributed by atoms with Gasteiger partial charge in [-0.05, 0) is 38.3 Å². The fourth-order valence-electron chi connectivity index (χ4n) is 3.10. The van der Waals surface area contributed by atoms with Gasteiger partial charge in [0.15, 0.2) is 0 Å². The van der Waals surface area contributed by atoms with E-state index < -0.39 is 10.0 Å². The minimum Gasteiger partial charge on any atom is -0.342 e. The molecule has 1 aromatic heterocycles. The van der Waals surface area contributed by atoms with Crippen LogP contribution in [0.4, 0.5) is 5.13 Å². The van der Waals surface area contributed by atoms with Gasteiger partial charge in [0.25, 0.3) is 10.0 Å². The van der Waals surface area contributed by atoms with Crippen molar-refractivity contribution in [2.75, 3.05) is 23.9 Å². The van der Waals surface area contributed by atoms with Crippen molar-refractivity contribution < 1.29 is 13.2 Å². The molecule has 1 aliphatic heterocycles. The van der Waals surface area contributed by atoms with E-state index in [-0.39, 0.29) is 44.0 Å². The Morgan fingerprint density at radius 2 is 1.76 bits per heavy atom. The second-order valence-corrected chi connectivity index (χ2v) is 10.6. The number of aromatic nitrogens is 2. The molecule has 1 aromatic carbocycles. The summed E-state index contributed by atoms with van der Waals surface area (Å²) in [6, 6.07) is 2.64. The lowest BCUT2D eigenvalue weighted by molar-refractivity contribution is -0.131. The monoisotopic (exact) mass is 496 g/mol. The predicted molar refractivity (Wildman–Crippen MR) is 116 cm³/mol. The number of hydrogen-bond donors (Lipinski definition) is 0. The van der Waals surface area contributed by atoms with Crippen molar-refractivity contribution in [1.29, 1.82) is 0 Å². The molecule has 29 heavy (non-hydrogen) atoms. The van der Waals surface area contributed by atoms with E-state index in [1.807, 2.05) is 4.90 Å². The second kappa shape index (κ2) is 9.34. The van der Waals surface area contributed by atoms with E-state index >= 15 is 0 Å². The van der Waals surface area contributed by atoms with Crippen LogP contribution in [0.2, 0.25) is 15.1 Å². The van der Waals surface area contributed by atoms with Crippen LogP contribution in [0.5, 0.6) is 0 Å². The summed E-state index contributed by atoms with van der Waals surface area (Å²) < 4.78 is 27.4. The topological polar surface area (TPSA) is 83.5 Å². The maximum Gasteiger partial charge on any atom is 0.269 e. The van der Waals surface area contributed by atoms with Crippen molar-refractivity contribution in [3.63, 3.8) is 0 Å². The largest absolute Gasteiger partial charge is 0.342 e. The highest BCUT2D eigenvalue weighted by Gasteiger charge is 2.31. The number of rotatable bonds is 6. The Kier molecular flexibility index (Phi) is 7.27. The Bertz CT molecular complexity index is 984. The number of likely N-dealkylation sites (tertiary alicyclic amines) is 1. The van der Waals surface area contributed by atoms with Gasteiger partial charge in [0.2, 0.25) is 11.0 Å². The quantitative estimate of drug-likeness (QED) is 0.595. The van der Waals surface area contributed by atoms with Crippen LogP contribution in [0.15, 0.2) is 17.0 Å². The lowest BCUT2D eigenvalue weighted by atomic mass is 10.1. The number of hydrogen-bond acceptors (Lipinski definition) is 6. The van der Waals surface area contributed by atoms with Gasteiger partial charge in [-0.25, -0.2) is 12.7 Å². The number of benzene rings is 1. The Hall–Kier alpha value is -1.13. The first-order valence-corrected chi connectivity index (χ1v) is 12.4. The molecular formula is C17H19Cl3N4O3S2. The fraction of sp³-hybridized carbons (Fsp3) is 0.471. The van der Waals surface area contributed by atoms with Gasteiger partial charge in [0, 0.05) is 24.7 Å². The zero-order valence-electron chi connectivity index (χ0n) is 15.6. The SMILES string of the molecule is CCN(c1nnc(CC(=O)N2CCCCC2)s1)S(=O)(=O)c1c(Cl)cc(Cl)cc1Cl. The number of halogens is 3. The van der Waals surface area contributed by atoms with E-state index in [4.69, 9.17) is 34.8 Å². The molecule has 2 aromatic rings. The number of carbonyl (C=O) groups is 1. The van der Waals surface area contributed by atoms with Crippen molar-refractivity contribution in [1.82, 2.24) is 15.1 Å². The summed E-state index contributed by atoms with van der Waals surface area (Å²) in [5, 5.41) is 8.68. The van der Waals surface area contributed by atoms with E-state index in [0.717, 1.165) is 48.0 Å². The smallest absolute Gasteiger partial charge is 0.269 e. The molecule has 0 bridgehead atoms. The zero-order chi connectivity index (χ0) is 21.2. The van der Waals surface area contributed by atoms with Gasteiger partial charge in [0.05, 0.1) is 16.5 Å². The molecule has 1 aliphatic rings. The van der Waals surface area contributed by atoms with Gasteiger partial charge in [-0.3, -0.25) is 4.79 Å². The summed E-state index contributed by atoms with van der Waals surface area (Å²) >= 11 is 19.2. The molecular weight excluding hydrogens is 479 g/mol. The molecule has 1 saturated heterocycles. The van der Waals surface area contributed by atoms with E-state index in [1.165, 1.54) is 12.1 Å². The first-order valence-electron chi connectivity index (χ1n) is 9.01. The molecule has 1 fully saturated rings. The van der Waals surface area contributed by atoms with Crippen LogP contribution in [0.25, 0.3) is 0 Å². The summed E-state index contributed by atoms with van der Waals surface area (Å²) in [4.78, 5) is 14.0. The van der Waals surface area contributed by atoms with Gasteiger partial charge in [-0.1, -0.05) is 46.1 Å². The van der Waals surface area contributed by atoms with Crippen LogP contribution in [0, 0.1) is 0 Å². The molecule has 0 saturated carbocycles. The predicted octanol–water partition coefficient (Wildman–Crippen LogP) is 4.27. The zero-order valence-corrected chi connectivity index (χ0v) is 19.5. The minimum absolute atomic E-state index is 0.0258. The second-order valence-electron chi connectivity index (χ2n) is 6.46. The molecule has 3 rings (SSSR count). The van der Waals surface area contributed by atoms with Gasteiger partial charge >= 0.3 is 0 Å². The van der Waals surface area contributed by atoms with Crippen molar-refractivity contribution in [3.05, 3.63) is 32.2 Å². The van der Waals surface area contributed by atoms with Crippen LogP contribution >= 0.6 is 46.1 Å². The molecule has 2 heterocycles. The Morgan fingerprint density at radius 1 is 1.14 bits per heavy atom. The Labute approximate surface area is 188 Å². The molecule has 158 valence electrons. The fourth-order valence-corrected chi connectivity index (χ4v) is 7.12. The van der Waals surface area contributed by atoms with E-state index in [0.29, 0.717) is 5.01 Å². The van der Waals surface area contributed by atoms with Crippen LogP contribution in [-0.2, 0) is 21.2 Å². The van der Waals surface area contributed by atoms with Gasteiger partial charge in [-0.15, -0.1) is 10.2 Å². The Morgan fingerprint density at radius 3 is 2.34 bits per heavy atom. The van der Waals surface area contributed by atoms with Crippen LogP contribution < -0.4 is 4.31 Å². The summed E-state index contributed by atoms with van der Waals surface area (Å²) in [6.45, 7) is 3.24. The van der Waals surface area contributed by atoms with Gasteiger partial charge < -0.3 is 4.90 Å². The molecule has 0 spiro atoms. The number of piperidine rings is 1. The van der Waals surface area contributed by atoms with E-state index in [2.05, 4.69) is 10.2 Å². The molecule has 12 heteroatoms. The third-order valence-electron chi connectivity index (χ3n) is 4.48. The molecule has 7 nitrogen and oxygen atoms in total. The van der Waals surface area contributed by atoms with Crippen LogP contribution in [-0.4, -0.2) is 49.1 Å². The van der Waals surface area contributed by atoms with E-state index in [1.54, 1.807) is 6.92 Å². The highest BCUT2D eigenvalue weighted by Crippen LogP contribution is 2.36. The summed E-state index contributed by atoms with van der Waals surface area (Å²) in [5.74, 6) is -0.0258. The normalized spacial score (nSPS) is 14.8. The van der Waals surface area contributed by atoms with E-state index in [9.17, 15) is 13.2 Å². The molecule has 0 N–H and O–H groups in total. The third kappa shape index (κ3) is 4.96. The summed E-state index contributed by atoms with van der Waals surface area (Å²) in [5.41, 5.74) is 0. The van der Waals surface area contributed by atoms with Crippen molar-refractivity contribution in [2.45, 2.75) is 37.5 Å². The van der Waals surface area contributed by atoms with Crippen LogP contribution in [0.3, 0.4) is 0 Å². The average molecular weight is 498 g/mol. The first kappa shape index (κ1) is 22.6. The molecule has 1 amide bonds. The standard InChI is InChI=1S/C17H19Cl3N4O3S2/c1-2-24(29(26,27)16-12(19)8-11(18)9-13(16)20)17-22-21-14(28-17)10-15(25)23-6-4-3-5-7-23/h8-9H,2-7,10H2,1H3. The van der Waals surface area contributed by atoms with Gasteiger partial charge in [-0.2, -0.15) is 0 Å². The average Bonchev–Trinajstić information content (AvgIpc) is 3.09. The number of sulfonamides is 1. The van der Waals surface area contributed by atoms with Gasteiger partial charge in [0.1, 0.15) is 9.90 Å². The van der Waals surface area contributed by atoms with Crippen molar-refractivity contribution in [2.24, 2.45) is 0 Å². The van der Waals surface area contributed by atoms with Crippen LogP contribution in [0.1, 0.15) is 31.2 Å².